The number of benzene rings is 1. The fraction of sp³-hybridized carbons (Fsp3) is 0.385. The van der Waals surface area contributed by atoms with Gasteiger partial charge in [-0.2, -0.15) is 4.73 Å². The molecule has 19 heavy (non-hydrogen) atoms. The number of fused-ring (bicyclic) bond motifs is 1. The molecule has 6 nitrogen and oxygen atoms in total. The topological polar surface area (TPSA) is 81.2 Å². The zero-order valence-corrected chi connectivity index (χ0v) is 11.4. The molecule has 0 fully saturated rings. The van der Waals surface area contributed by atoms with E-state index in [1.807, 2.05) is 0 Å². The third-order valence-electron chi connectivity index (χ3n) is 2.64. The average Bonchev–Trinajstić information content (AvgIpc) is 2.44. The van der Waals surface area contributed by atoms with Crippen LogP contribution in [0.25, 0.3) is 11.0 Å². The lowest BCUT2D eigenvalue weighted by Crippen LogP contribution is -2.41. The van der Waals surface area contributed by atoms with Crippen molar-refractivity contribution in [3.05, 3.63) is 45.5 Å². The van der Waals surface area contributed by atoms with Crippen LogP contribution >= 0.6 is 0 Å². The Hall–Kier alpha value is -2.08. The van der Waals surface area contributed by atoms with Gasteiger partial charge in [0.15, 0.2) is 5.52 Å². The summed E-state index contributed by atoms with van der Waals surface area (Å²) in [6, 6.07) is 6.36. The summed E-state index contributed by atoms with van der Waals surface area (Å²) in [5, 5.41) is 24.0. The first-order valence-corrected chi connectivity index (χ1v) is 6.18. The van der Waals surface area contributed by atoms with Gasteiger partial charge in [0, 0.05) is 13.0 Å². The first-order chi connectivity index (χ1) is 9.04. The molecule has 0 saturated heterocycles. The Balaban J connectivity index is 0.000000312. The summed E-state index contributed by atoms with van der Waals surface area (Å²) in [4.78, 5) is 11.3. The number of nitrogens with one attached hydrogen (secondary N) is 1. The Morgan fingerprint density at radius 3 is 2.42 bits per heavy atom. The summed E-state index contributed by atoms with van der Waals surface area (Å²) in [6.45, 7) is 7.76. The third kappa shape index (κ3) is 3.23. The standard InChI is InChI=1S/C9H8N2O3.C4H11N/c1-6-9(12)11(14)8-5-3-2-4-7(8)10(6)13;1-3-5-4-2/h2-5,14H,1H3;5H,3-4H2,1-2H3. The molecule has 1 heterocycles. The van der Waals surface area contributed by atoms with Gasteiger partial charge in [-0.3, -0.25) is 4.79 Å². The van der Waals surface area contributed by atoms with Gasteiger partial charge in [0.25, 0.3) is 5.69 Å². The van der Waals surface area contributed by atoms with E-state index in [2.05, 4.69) is 19.2 Å². The van der Waals surface area contributed by atoms with E-state index in [-0.39, 0.29) is 16.7 Å². The van der Waals surface area contributed by atoms with E-state index in [1.54, 1.807) is 18.2 Å². The predicted octanol–water partition coefficient (Wildman–Crippen LogP) is 0.796. The van der Waals surface area contributed by atoms with Crippen molar-refractivity contribution in [3.8, 4) is 0 Å². The lowest BCUT2D eigenvalue weighted by molar-refractivity contribution is -0.586. The zero-order valence-electron chi connectivity index (χ0n) is 11.4. The van der Waals surface area contributed by atoms with Crippen molar-refractivity contribution in [2.24, 2.45) is 0 Å². The molecule has 0 aliphatic rings. The van der Waals surface area contributed by atoms with Crippen LogP contribution in [0.5, 0.6) is 0 Å². The number of aromatic nitrogens is 2. The maximum absolute atomic E-state index is 11.5. The van der Waals surface area contributed by atoms with Crippen molar-refractivity contribution < 1.29 is 9.94 Å². The Morgan fingerprint density at radius 1 is 1.32 bits per heavy atom. The van der Waals surface area contributed by atoms with E-state index in [1.165, 1.54) is 13.0 Å². The summed E-state index contributed by atoms with van der Waals surface area (Å²) in [6.07, 6.45) is 0. The summed E-state index contributed by atoms with van der Waals surface area (Å²) in [5.41, 5.74) is -0.268. The summed E-state index contributed by atoms with van der Waals surface area (Å²) in [5.74, 6) is 0. The predicted molar refractivity (Wildman–Crippen MR) is 73.3 cm³/mol. The van der Waals surface area contributed by atoms with Gasteiger partial charge in [-0.05, 0) is 19.2 Å². The molecular weight excluding hydrogens is 246 g/mol. The molecule has 2 rings (SSSR count). The Labute approximate surface area is 111 Å². The van der Waals surface area contributed by atoms with E-state index in [0.717, 1.165) is 13.1 Å². The average molecular weight is 265 g/mol. The van der Waals surface area contributed by atoms with Gasteiger partial charge >= 0.3 is 5.56 Å². The number of para-hydroxylation sites is 2. The lowest BCUT2D eigenvalue weighted by Gasteiger charge is -2.06. The SMILES string of the molecule is CCNCC.Cc1c(=O)n(O)c2ccccc2[n+]1[O-]. The van der Waals surface area contributed by atoms with Crippen molar-refractivity contribution in [2.45, 2.75) is 20.8 Å². The molecule has 0 radical (unpaired) electrons. The molecule has 0 bridgehead atoms. The van der Waals surface area contributed by atoms with Crippen LogP contribution in [-0.4, -0.2) is 23.0 Å². The molecule has 0 saturated carbocycles. The maximum atomic E-state index is 11.5. The minimum atomic E-state index is -0.696. The normalized spacial score (nSPS) is 10.1. The van der Waals surface area contributed by atoms with Crippen molar-refractivity contribution in [2.75, 3.05) is 13.1 Å². The summed E-state index contributed by atoms with van der Waals surface area (Å²) in [7, 11) is 0. The molecular formula is C13H19N3O3. The van der Waals surface area contributed by atoms with E-state index in [9.17, 15) is 15.2 Å². The summed E-state index contributed by atoms with van der Waals surface area (Å²) >= 11 is 0. The van der Waals surface area contributed by atoms with Crippen molar-refractivity contribution >= 4 is 11.0 Å². The van der Waals surface area contributed by atoms with Crippen LogP contribution in [0.3, 0.4) is 0 Å². The molecule has 104 valence electrons. The van der Waals surface area contributed by atoms with Crippen LogP contribution in [0, 0.1) is 12.1 Å². The van der Waals surface area contributed by atoms with Gasteiger partial charge in [0.2, 0.25) is 5.52 Å². The lowest BCUT2D eigenvalue weighted by atomic mass is 10.3. The smallest absolute Gasteiger partial charge is 0.351 e. The van der Waals surface area contributed by atoms with E-state index >= 15 is 0 Å². The molecule has 0 spiro atoms. The van der Waals surface area contributed by atoms with Crippen LogP contribution in [0.4, 0.5) is 0 Å². The van der Waals surface area contributed by atoms with Crippen molar-refractivity contribution in [1.29, 1.82) is 0 Å². The van der Waals surface area contributed by atoms with E-state index in [4.69, 9.17) is 0 Å². The second-order valence-corrected chi connectivity index (χ2v) is 3.94. The molecule has 2 aromatic rings. The minimum Gasteiger partial charge on any atom is -0.618 e. The van der Waals surface area contributed by atoms with Gasteiger partial charge < -0.3 is 15.7 Å². The quantitative estimate of drug-likeness (QED) is 0.478. The summed E-state index contributed by atoms with van der Waals surface area (Å²) < 4.78 is 1.00. The van der Waals surface area contributed by atoms with Gasteiger partial charge in [0.05, 0.1) is 0 Å². The Kier molecular flexibility index (Phi) is 5.32. The zero-order chi connectivity index (χ0) is 14.4. The van der Waals surface area contributed by atoms with Gasteiger partial charge in [0.1, 0.15) is 0 Å². The van der Waals surface area contributed by atoms with Crippen LogP contribution in [-0.2, 0) is 0 Å². The maximum Gasteiger partial charge on any atom is 0.351 e. The van der Waals surface area contributed by atoms with Crippen LogP contribution in [0.2, 0.25) is 0 Å². The fourth-order valence-corrected chi connectivity index (χ4v) is 1.60. The fourth-order valence-electron chi connectivity index (χ4n) is 1.60. The highest BCUT2D eigenvalue weighted by molar-refractivity contribution is 5.70. The van der Waals surface area contributed by atoms with Gasteiger partial charge in [-0.15, -0.1) is 4.73 Å². The number of hydrogen-bond donors (Lipinski definition) is 2. The Bertz CT molecular complexity index is 606. The van der Waals surface area contributed by atoms with Crippen LogP contribution < -0.4 is 15.6 Å². The molecule has 0 atom stereocenters. The van der Waals surface area contributed by atoms with Crippen LogP contribution in [0.1, 0.15) is 19.5 Å². The molecule has 6 heteroatoms. The second-order valence-electron chi connectivity index (χ2n) is 3.94. The molecule has 0 aliphatic heterocycles. The highest BCUT2D eigenvalue weighted by Crippen LogP contribution is 2.05. The van der Waals surface area contributed by atoms with Gasteiger partial charge in [-0.1, -0.05) is 26.0 Å². The highest BCUT2D eigenvalue weighted by Gasteiger charge is 2.15. The minimum absolute atomic E-state index is 0.0498. The van der Waals surface area contributed by atoms with Crippen molar-refractivity contribution in [1.82, 2.24) is 10.0 Å². The first kappa shape index (κ1) is 15.0. The van der Waals surface area contributed by atoms with Crippen molar-refractivity contribution in [3.63, 3.8) is 0 Å². The highest BCUT2D eigenvalue weighted by atomic mass is 16.5. The van der Waals surface area contributed by atoms with Gasteiger partial charge in [-0.25, -0.2) is 0 Å². The second kappa shape index (κ2) is 6.75. The Morgan fingerprint density at radius 2 is 1.89 bits per heavy atom. The molecule has 1 aromatic carbocycles. The van der Waals surface area contributed by atoms with Crippen LogP contribution in [0.15, 0.2) is 29.1 Å². The monoisotopic (exact) mass is 265 g/mol. The first-order valence-electron chi connectivity index (χ1n) is 6.18. The largest absolute Gasteiger partial charge is 0.618 e. The number of nitrogens with zero attached hydrogens (tertiary/aromatic N) is 2. The molecule has 1 aromatic heterocycles. The molecule has 0 unspecified atom stereocenters. The van der Waals surface area contributed by atoms with E-state index < -0.39 is 5.56 Å². The molecule has 0 amide bonds. The van der Waals surface area contributed by atoms with E-state index in [0.29, 0.717) is 9.46 Å². The third-order valence-corrected chi connectivity index (χ3v) is 2.64. The molecule has 2 N–H and O–H groups in total. The number of rotatable bonds is 2. The number of hydrogen-bond acceptors (Lipinski definition) is 4. The molecule has 0 aliphatic carbocycles.